The highest BCUT2D eigenvalue weighted by Gasteiger charge is 2.20. The van der Waals surface area contributed by atoms with Crippen LogP contribution in [-0.2, 0) is 4.79 Å². The molecule has 2 aromatic heterocycles. The van der Waals surface area contributed by atoms with E-state index in [9.17, 15) is 4.79 Å². The van der Waals surface area contributed by atoms with Crippen molar-refractivity contribution in [3.8, 4) is 11.5 Å². The lowest BCUT2D eigenvalue weighted by atomic mass is 10.1. The maximum atomic E-state index is 12.6. The molecular formula is C29H30N6O3. The number of carbonyl (C=O) groups is 1. The number of fused-ring (bicyclic) bond motifs is 1. The summed E-state index contributed by atoms with van der Waals surface area (Å²) in [7, 11) is 3.16. The van der Waals surface area contributed by atoms with Crippen LogP contribution in [0.2, 0.25) is 0 Å². The smallest absolute Gasteiger partial charge is 0.248 e. The van der Waals surface area contributed by atoms with Gasteiger partial charge in [-0.05, 0) is 55.0 Å². The normalized spacial score (nSPS) is 13.7. The molecule has 0 saturated carbocycles. The Morgan fingerprint density at radius 1 is 0.947 bits per heavy atom. The molecule has 2 aromatic carbocycles. The molecule has 1 aliphatic rings. The molecule has 1 N–H and O–H groups in total. The molecule has 1 amide bonds. The molecule has 0 aliphatic carbocycles. The molecule has 0 radical (unpaired) electrons. The lowest BCUT2D eigenvalue weighted by Crippen LogP contribution is -2.47. The predicted octanol–water partition coefficient (Wildman–Crippen LogP) is 4.33. The Bertz CT molecular complexity index is 1470. The molecule has 1 saturated heterocycles. The number of ether oxygens (including phenoxy) is 2. The minimum atomic E-state index is -0.239. The highest BCUT2D eigenvalue weighted by Crippen LogP contribution is 2.31. The summed E-state index contributed by atoms with van der Waals surface area (Å²) in [6.45, 7) is 5.43. The molecule has 0 spiro atoms. The largest absolute Gasteiger partial charge is 0.493 e. The van der Waals surface area contributed by atoms with Gasteiger partial charge in [0.2, 0.25) is 11.9 Å². The quantitative estimate of drug-likeness (QED) is 0.368. The van der Waals surface area contributed by atoms with Crippen LogP contribution < -0.4 is 24.6 Å². The number of para-hydroxylation sites is 1. The molecule has 1 aliphatic heterocycles. The van der Waals surface area contributed by atoms with Crippen LogP contribution in [0, 0.1) is 6.92 Å². The van der Waals surface area contributed by atoms with E-state index in [4.69, 9.17) is 14.5 Å². The van der Waals surface area contributed by atoms with Crippen LogP contribution in [0.3, 0.4) is 0 Å². The third kappa shape index (κ3) is 5.36. The number of hydrogen-bond acceptors (Lipinski definition) is 8. The van der Waals surface area contributed by atoms with E-state index in [1.165, 1.54) is 6.08 Å². The molecule has 38 heavy (non-hydrogen) atoms. The van der Waals surface area contributed by atoms with Gasteiger partial charge in [0.25, 0.3) is 0 Å². The summed E-state index contributed by atoms with van der Waals surface area (Å²) in [6, 6.07) is 15.3. The number of anilines is 3. The van der Waals surface area contributed by atoms with Gasteiger partial charge in [0.15, 0.2) is 11.5 Å². The van der Waals surface area contributed by atoms with E-state index >= 15 is 0 Å². The van der Waals surface area contributed by atoms with Crippen molar-refractivity contribution in [1.82, 2.24) is 15.0 Å². The fourth-order valence-corrected chi connectivity index (χ4v) is 4.60. The SMILES string of the molecule is COc1cccc(/C=C/C(=O)Nc2ccc3nc(N4CCN(c5ncccn5)CC4)cc(C)c3c2)c1OC. The van der Waals surface area contributed by atoms with Gasteiger partial charge in [0.05, 0.1) is 19.7 Å². The van der Waals surface area contributed by atoms with Crippen molar-refractivity contribution < 1.29 is 14.3 Å². The number of aryl methyl sites for hydroxylation is 1. The third-order valence-electron chi connectivity index (χ3n) is 6.56. The Morgan fingerprint density at radius 2 is 1.71 bits per heavy atom. The first-order valence-corrected chi connectivity index (χ1v) is 12.4. The number of benzene rings is 2. The highest BCUT2D eigenvalue weighted by atomic mass is 16.5. The zero-order chi connectivity index (χ0) is 26.5. The van der Waals surface area contributed by atoms with E-state index in [1.807, 2.05) is 42.5 Å². The fraction of sp³-hybridized carbons (Fsp3) is 0.241. The van der Waals surface area contributed by atoms with Crippen molar-refractivity contribution in [1.29, 1.82) is 0 Å². The average molecular weight is 511 g/mol. The van der Waals surface area contributed by atoms with Gasteiger partial charge in [-0.3, -0.25) is 4.79 Å². The van der Waals surface area contributed by atoms with Gasteiger partial charge in [0, 0.05) is 61.3 Å². The molecule has 0 atom stereocenters. The first-order chi connectivity index (χ1) is 18.6. The number of aromatic nitrogens is 3. The van der Waals surface area contributed by atoms with Crippen LogP contribution in [0.4, 0.5) is 17.5 Å². The maximum absolute atomic E-state index is 12.6. The van der Waals surface area contributed by atoms with Crippen molar-refractivity contribution in [2.24, 2.45) is 0 Å². The summed E-state index contributed by atoms with van der Waals surface area (Å²) in [6.07, 6.45) is 6.73. The maximum Gasteiger partial charge on any atom is 0.248 e. The Balaban J connectivity index is 1.27. The number of nitrogens with zero attached hydrogens (tertiary/aromatic N) is 5. The molecule has 9 nitrogen and oxygen atoms in total. The number of rotatable bonds is 7. The number of hydrogen-bond donors (Lipinski definition) is 1. The number of methoxy groups -OCH3 is 2. The van der Waals surface area contributed by atoms with Gasteiger partial charge >= 0.3 is 0 Å². The summed E-state index contributed by atoms with van der Waals surface area (Å²) in [5, 5.41) is 3.94. The molecule has 0 bridgehead atoms. The van der Waals surface area contributed by atoms with Crippen LogP contribution in [0.25, 0.3) is 17.0 Å². The lowest BCUT2D eigenvalue weighted by Gasteiger charge is -2.35. The second kappa shape index (κ2) is 11.2. The number of amides is 1. The lowest BCUT2D eigenvalue weighted by molar-refractivity contribution is -0.111. The monoisotopic (exact) mass is 510 g/mol. The third-order valence-corrected chi connectivity index (χ3v) is 6.56. The van der Waals surface area contributed by atoms with Gasteiger partial charge in [-0.1, -0.05) is 12.1 Å². The predicted molar refractivity (Wildman–Crippen MR) is 150 cm³/mol. The Labute approximate surface area is 221 Å². The number of pyridine rings is 1. The van der Waals surface area contributed by atoms with Gasteiger partial charge in [-0.15, -0.1) is 0 Å². The van der Waals surface area contributed by atoms with E-state index in [2.05, 4.69) is 38.1 Å². The molecule has 1 fully saturated rings. The zero-order valence-corrected chi connectivity index (χ0v) is 21.7. The minimum absolute atomic E-state index is 0.239. The molecule has 194 valence electrons. The van der Waals surface area contributed by atoms with Gasteiger partial charge < -0.3 is 24.6 Å². The van der Waals surface area contributed by atoms with Crippen LogP contribution in [0.1, 0.15) is 11.1 Å². The summed E-state index contributed by atoms with van der Waals surface area (Å²) in [4.78, 5) is 30.8. The standard InChI is InChI=1S/C29H30N6O3/c1-20-18-26(34-14-16-35(17-15-34)29-30-12-5-13-31-29)33-24-10-9-22(19-23(20)24)32-27(36)11-8-21-6-4-7-25(37-2)28(21)38-3/h4-13,18-19H,14-17H2,1-3H3,(H,32,36)/b11-8+. The molecule has 0 unspecified atom stereocenters. The van der Waals surface area contributed by atoms with Crippen LogP contribution in [-0.4, -0.2) is 61.3 Å². The van der Waals surface area contributed by atoms with Crippen LogP contribution in [0.15, 0.2) is 67.0 Å². The number of carbonyl (C=O) groups excluding carboxylic acids is 1. The first kappa shape index (κ1) is 25.0. The molecular weight excluding hydrogens is 480 g/mol. The summed E-state index contributed by atoms with van der Waals surface area (Å²) >= 11 is 0. The minimum Gasteiger partial charge on any atom is -0.493 e. The topological polar surface area (TPSA) is 92.7 Å². The second-order valence-corrected chi connectivity index (χ2v) is 8.96. The van der Waals surface area contributed by atoms with E-state index in [-0.39, 0.29) is 5.91 Å². The highest BCUT2D eigenvalue weighted by molar-refractivity contribution is 6.03. The fourth-order valence-electron chi connectivity index (χ4n) is 4.60. The van der Waals surface area contributed by atoms with Crippen molar-refractivity contribution >= 4 is 40.3 Å². The molecule has 4 aromatic rings. The van der Waals surface area contributed by atoms with Crippen molar-refractivity contribution in [2.45, 2.75) is 6.92 Å². The van der Waals surface area contributed by atoms with Crippen molar-refractivity contribution in [3.05, 3.63) is 78.1 Å². The van der Waals surface area contributed by atoms with Crippen molar-refractivity contribution in [3.63, 3.8) is 0 Å². The summed E-state index contributed by atoms with van der Waals surface area (Å²) in [5.74, 6) is 2.67. The Hall–Kier alpha value is -4.66. The van der Waals surface area contributed by atoms with Crippen LogP contribution >= 0.6 is 0 Å². The van der Waals surface area contributed by atoms with E-state index < -0.39 is 0 Å². The van der Waals surface area contributed by atoms with Crippen molar-refractivity contribution in [2.75, 3.05) is 55.5 Å². The van der Waals surface area contributed by atoms with E-state index in [1.54, 1.807) is 32.7 Å². The zero-order valence-electron chi connectivity index (χ0n) is 21.7. The average Bonchev–Trinajstić information content (AvgIpc) is 2.96. The summed E-state index contributed by atoms with van der Waals surface area (Å²) in [5.41, 5.74) is 3.46. The Morgan fingerprint density at radius 3 is 2.45 bits per heavy atom. The van der Waals surface area contributed by atoms with Gasteiger partial charge in [-0.25, -0.2) is 15.0 Å². The van der Waals surface area contributed by atoms with Crippen LogP contribution in [0.5, 0.6) is 11.5 Å². The number of piperazine rings is 1. The molecule has 3 heterocycles. The Kier molecular flexibility index (Phi) is 7.35. The van der Waals surface area contributed by atoms with Gasteiger partial charge in [-0.2, -0.15) is 0 Å². The summed E-state index contributed by atoms with van der Waals surface area (Å²) < 4.78 is 10.8. The molecule has 5 rings (SSSR count). The second-order valence-electron chi connectivity index (χ2n) is 8.96. The first-order valence-electron chi connectivity index (χ1n) is 12.4. The molecule has 9 heteroatoms. The van der Waals surface area contributed by atoms with E-state index in [0.29, 0.717) is 17.2 Å². The van der Waals surface area contributed by atoms with Gasteiger partial charge in [0.1, 0.15) is 5.82 Å². The number of nitrogens with one attached hydrogen (secondary N) is 1. The van der Waals surface area contributed by atoms with E-state index in [0.717, 1.165) is 60.0 Å².